The van der Waals surface area contributed by atoms with Crippen LogP contribution in [-0.2, 0) is 4.79 Å². The molecule has 1 rings (SSSR count). The smallest absolute Gasteiger partial charge is 0.236 e. The van der Waals surface area contributed by atoms with Crippen LogP contribution in [0.5, 0.6) is 5.75 Å². The molecule has 0 saturated heterocycles. The van der Waals surface area contributed by atoms with Crippen LogP contribution in [0.25, 0.3) is 0 Å². The highest BCUT2D eigenvalue weighted by Gasteiger charge is 2.02. The number of anilines is 1. The third-order valence-electron chi connectivity index (χ3n) is 1.49. The van der Waals surface area contributed by atoms with Crippen LogP contribution in [0.2, 0.25) is 5.02 Å². The zero-order chi connectivity index (χ0) is 10.6. The Labute approximate surface area is 86.7 Å². The van der Waals surface area contributed by atoms with Gasteiger partial charge >= 0.3 is 0 Å². The van der Waals surface area contributed by atoms with E-state index in [1.54, 1.807) is 6.07 Å². The first-order valence-electron chi connectivity index (χ1n) is 3.85. The largest absolute Gasteiger partial charge is 0.506 e. The Morgan fingerprint density at radius 1 is 1.64 bits per heavy atom. The molecule has 4 heteroatoms. The van der Waals surface area contributed by atoms with Gasteiger partial charge in [0.2, 0.25) is 5.91 Å². The van der Waals surface area contributed by atoms with Crippen molar-refractivity contribution in [1.82, 2.24) is 0 Å². The molecule has 1 amide bonds. The number of benzene rings is 1. The van der Waals surface area contributed by atoms with Crippen LogP contribution in [0.15, 0.2) is 18.2 Å². The fourth-order valence-corrected chi connectivity index (χ4v) is 1.01. The molecule has 1 aromatic rings. The first-order chi connectivity index (χ1) is 6.63. The summed E-state index contributed by atoms with van der Waals surface area (Å²) in [4.78, 5) is 11.0. The van der Waals surface area contributed by atoms with Crippen LogP contribution < -0.4 is 5.32 Å². The van der Waals surface area contributed by atoms with Gasteiger partial charge in [0.05, 0.1) is 11.4 Å². The molecule has 0 radical (unpaired) electrons. The lowest BCUT2D eigenvalue weighted by Crippen LogP contribution is -2.09. The first kappa shape index (κ1) is 10.4. The Bertz CT molecular complexity index is 396. The van der Waals surface area contributed by atoms with Crippen molar-refractivity contribution >= 4 is 23.2 Å². The summed E-state index contributed by atoms with van der Waals surface area (Å²) < 4.78 is 0. The fourth-order valence-electron chi connectivity index (χ4n) is 0.888. The van der Waals surface area contributed by atoms with Gasteiger partial charge < -0.3 is 10.4 Å². The molecule has 0 saturated carbocycles. The fraction of sp³-hybridized carbons (Fsp3) is 0.100. The van der Waals surface area contributed by atoms with E-state index in [1.807, 2.05) is 0 Å². The van der Waals surface area contributed by atoms with Crippen molar-refractivity contribution in [1.29, 1.82) is 0 Å². The first-order valence-corrected chi connectivity index (χ1v) is 4.23. The molecule has 0 aliphatic carbocycles. The molecule has 0 aromatic heterocycles. The van der Waals surface area contributed by atoms with Crippen LogP contribution in [0.4, 0.5) is 5.69 Å². The van der Waals surface area contributed by atoms with Crippen molar-refractivity contribution in [2.24, 2.45) is 0 Å². The molecule has 3 nitrogen and oxygen atoms in total. The van der Waals surface area contributed by atoms with Crippen LogP contribution in [-0.4, -0.2) is 11.0 Å². The number of halogens is 1. The van der Waals surface area contributed by atoms with Gasteiger partial charge in [-0.3, -0.25) is 4.79 Å². The third-order valence-corrected chi connectivity index (χ3v) is 1.81. The number of nitrogens with one attached hydrogen (secondary N) is 1. The Morgan fingerprint density at radius 3 is 2.93 bits per heavy atom. The third kappa shape index (κ3) is 2.68. The summed E-state index contributed by atoms with van der Waals surface area (Å²) in [7, 11) is 0. The van der Waals surface area contributed by atoms with Crippen LogP contribution in [0.1, 0.15) is 6.42 Å². The van der Waals surface area contributed by atoms with E-state index in [9.17, 15) is 9.90 Å². The Morgan fingerprint density at radius 2 is 2.36 bits per heavy atom. The zero-order valence-corrected chi connectivity index (χ0v) is 8.01. The van der Waals surface area contributed by atoms with E-state index in [0.717, 1.165) is 0 Å². The topological polar surface area (TPSA) is 49.3 Å². The van der Waals surface area contributed by atoms with E-state index in [0.29, 0.717) is 5.69 Å². The molecular weight excluding hydrogens is 202 g/mol. The predicted molar refractivity (Wildman–Crippen MR) is 55.2 cm³/mol. The molecule has 0 bridgehead atoms. The molecule has 0 heterocycles. The number of hydrogen-bond donors (Lipinski definition) is 2. The van der Waals surface area contributed by atoms with Crippen LogP contribution in [0, 0.1) is 12.3 Å². The highest BCUT2D eigenvalue weighted by atomic mass is 35.5. The number of carbonyl (C=O) groups excluding carboxylic acids is 1. The number of phenols is 1. The SMILES string of the molecule is C#CCC(=O)Nc1ccc(Cl)c(O)c1. The quantitative estimate of drug-likeness (QED) is 0.732. The molecule has 0 fully saturated rings. The number of rotatable bonds is 2. The van der Waals surface area contributed by atoms with Gasteiger partial charge in [0.15, 0.2) is 0 Å². The Balaban J connectivity index is 2.74. The Kier molecular flexibility index (Phi) is 3.38. The number of aromatic hydroxyl groups is 1. The second kappa shape index (κ2) is 4.54. The lowest BCUT2D eigenvalue weighted by atomic mass is 10.3. The minimum atomic E-state index is -0.297. The summed E-state index contributed by atoms with van der Waals surface area (Å²) in [6, 6.07) is 4.43. The molecule has 2 N–H and O–H groups in total. The average Bonchev–Trinajstić information content (AvgIpc) is 2.12. The van der Waals surface area contributed by atoms with Gasteiger partial charge in [0, 0.05) is 11.8 Å². The lowest BCUT2D eigenvalue weighted by molar-refractivity contribution is -0.115. The number of phenolic OH excluding ortho intramolecular Hbond substituents is 1. The zero-order valence-electron chi connectivity index (χ0n) is 7.25. The van der Waals surface area contributed by atoms with Gasteiger partial charge in [-0.25, -0.2) is 0 Å². The van der Waals surface area contributed by atoms with Crippen molar-refractivity contribution in [3.63, 3.8) is 0 Å². The van der Waals surface area contributed by atoms with Crippen LogP contribution >= 0.6 is 11.6 Å². The van der Waals surface area contributed by atoms with E-state index in [-0.39, 0.29) is 23.1 Å². The highest BCUT2D eigenvalue weighted by Crippen LogP contribution is 2.26. The molecule has 0 aliphatic heterocycles. The minimum absolute atomic E-state index is 0.00336. The molecule has 0 spiro atoms. The predicted octanol–water partition coefficient (Wildman–Crippen LogP) is 2.01. The van der Waals surface area contributed by atoms with Crippen molar-refractivity contribution in [2.75, 3.05) is 5.32 Å². The van der Waals surface area contributed by atoms with Crippen molar-refractivity contribution < 1.29 is 9.90 Å². The highest BCUT2D eigenvalue weighted by molar-refractivity contribution is 6.32. The summed E-state index contributed by atoms with van der Waals surface area (Å²) in [6.07, 6.45) is 4.96. The van der Waals surface area contributed by atoms with Gasteiger partial charge in [0.1, 0.15) is 5.75 Å². The number of terminal acetylenes is 1. The number of hydrogen-bond acceptors (Lipinski definition) is 2. The Hall–Kier alpha value is -1.66. The van der Waals surface area contributed by atoms with E-state index in [1.165, 1.54) is 12.1 Å². The lowest BCUT2D eigenvalue weighted by Gasteiger charge is -2.03. The van der Waals surface area contributed by atoms with E-state index >= 15 is 0 Å². The summed E-state index contributed by atoms with van der Waals surface area (Å²) in [5, 5.41) is 12.0. The molecule has 14 heavy (non-hydrogen) atoms. The van der Waals surface area contributed by atoms with Gasteiger partial charge in [-0.1, -0.05) is 17.5 Å². The van der Waals surface area contributed by atoms with Gasteiger partial charge in [-0.2, -0.15) is 0 Å². The number of amides is 1. The molecule has 0 aliphatic rings. The monoisotopic (exact) mass is 209 g/mol. The van der Waals surface area contributed by atoms with E-state index < -0.39 is 0 Å². The standard InChI is InChI=1S/C10H8ClNO2/c1-2-3-10(14)12-7-4-5-8(11)9(13)6-7/h1,4-6,13H,3H2,(H,12,14). The summed E-state index contributed by atoms with van der Waals surface area (Å²) in [5.74, 6) is 1.84. The van der Waals surface area contributed by atoms with Gasteiger partial charge in [0.25, 0.3) is 0 Å². The maximum absolute atomic E-state index is 11.0. The molecule has 0 unspecified atom stereocenters. The normalized spacial score (nSPS) is 9.14. The van der Waals surface area contributed by atoms with Gasteiger partial charge in [-0.05, 0) is 12.1 Å². The van der Waals surface area contributed by atoms with Crippen LogP contribution in [0.3, 0.4) is 0 Å². The second-order valence-corrected chi connectivity index (χ2v) is 3.00. The summed E-state index contributed by atoms with van der Waals surface area (Å²) >= 11 is 5.58. The minimum Gasteiger partial charge on any atom is -0.506 e. The number of carbonyl (C=O) groups is 1. The van der Waals surface area contributed by atoms with Crippen molar-refractivity contribution in [3.05, 3.63) is 23.2 Å². The molecular formula is C10H8ClNO2. The summed E-state index contributed by atoms with van der Waals surface area (Å²) in [5.41, 5.74) is 0.465. The van der Waals surface area contributed by atoms with Crippen molar-refractivity contribution in [2.45, 2.75) is 6.42 Å². The molecule has 0 atom stereocenters. The van der Waals surface area contributed by atoms with Crippen molar-refractivity contribution in [3.8, 4) is 18.1 Å². The molecule has 72 valence electrons. The summed E-state index contributed by atoms with van der Waals surface area (Å²) in [6.45, 7) is 0. The molecule has 1 aromatic carbocycles. The van der Waals surface area contributed by atoms with E-state index in [4.69, 9.17) is 18.0 Å². The van der Waals surface area contributed by atoms with Gasteiger partial charge in [-0.15, -0.1) is 6.42 Å². The maximum Gasteiger partial charge on any atom is 0.236 e. The average molecular weight is 210 g/mol. The maximum atomic E-state index is 11.0. The van der Waals surface area contributed by atoms with E-state index in [2.05, 4.69) is 11.2 Å². The second-order valence-electron chi connectivity index (χ2n) is 2.60.